The Hall–Kier alpha value is -2.65. The smallest absolute Gasteiger partial charge is 0.224 e. The molecule has 2 N–H and O–H groups in total. The van der Waals surface area contributed by atoms with Gasteiger partial charge in [-0.15, -0.1) is 0 Å². The molecule has 0 aliphatic carbocycles. The number of hydrogen-bond donors (Lipinski definition) is 1. The number of aromatic nitrogens is 1. The first-order valence-electron chi connectivity index (χ1n) is 7.54. The van der Waals surface area contributed by atoms with Crippen LogP contribution in [0.4, 0.5) is 5.69 Å². The Balaban J connectivity index is 1.94. The maximum Gasteiger partial charge on any atom is 0.224 e. The van der Waals surface area contributed by atoms with Gasteiger partial charge in [0, 0.05) is 12.7 Å². The van der Waals surface area contributed by atoms with Crippen LogP contribution in [0.2, 0.25) is 0 Å². The summed E-state index contributed by atoms with van der Waals surface area (Å²) in [6.45, 7) is 1.30. The second-order valence-electron chi connectivity index (χ2n) is 5.40. The molecule has 0 spiro atoms. The summed E-state index contributed by atoms with van der Waals surface area (Å²) in [6, 6.07) is 11.1. The molecule has 1 unspecified atom stereocenters. The van der Waals surface area contributed by atoms with Crippen molar-refractivity contribution in [3.63, 3.8) is 0 Å². The summed E-state index contributed by atoms with van der Waals surface area (Å²) in [7, 11) is 1.58. The average Bonchev–Trinajstić information content (AvgIpc) is 3.18. The van der Waals surface area contributed by atoms with Crippen LogP contribution in [0.15, 0.2) is 30.3 Å². The van der Waals surface area contributed by atoms with Crippen LogP contribution in [0.25, 0.3) is 0 Å². The molecule has 1 saturated heterocycles. The van der Waals surface area contributed by atoms with Gasteiger partial charge in [0.2, 0.25) is 5.88 Å². The summed E-state index contributed by atoms with van der Waals surface area (Å²) in [6.07, 6.45) is 2.08. The number of hydrogen-bond acceptors (Lipinski definition) is 5. The lowest BCUT2D eigenvalue weighted by Crippen LogP contribution is -2.16. The van der Waals surface area contributed by atoms with Crippen molar-refractivity contribution >= 4 is 5.69 Å². The molecule has 6 nitrogen and oxygen atoms in total. The second-order valence-corrected chi connectivity index (χ2v) is 5.40. The van der Waals surface area contributed by atoms with Gasteiger partial charge < -0.3 is 19.9 Å². The molecule has 3 rings (SSSR count). The molecule has 1 fully saturated rings. The Labute approximate surface area is 135 Å². The van der Waals surface area contributed by atoms with Crippen molar-refractivity contribution in [3.05, 3.63) is 36.0 Å². The molecule has 1 atom stereocenters. The van der Waals surface area contributed by atoms with Crippen molar-refractivity contribution in [2.45, 2.75) is 25.5 Å². The minimum atomic E-state index is 0.0777. The van der Waals surface area contributed by atoms with E-state index in [1.807, 2.05) is 18.2 Å². The molecular formula is C17H19N3O3. The van der Waals surface area contributed by atoms with Crippen LogP contribution < -0.4 is 15.2 Å². The van der Waals surface area contributed by atoms with Gasteiger partial charge in [0.1, 0.15) is 11.8 Å². The molecule has 0 saturated carbocycles. The fourth-order valence-corrected chi connectivity index (χ4v) is 2.74. The van der Waals surface area contributed by atoms with Crippen molar-refractivity contribution in [3.8, 4) is 23.4 Å². The average molecular weight is 313 g/mol. The highest BCUT2D eigenvalue weighted by Gasteiger charge is 2.22. The predicted molar refractivity (Wildman–Crippen MR) is 85.6 cm³/mol. The zero-order chi connectivity index (χ0) is 16.2. The van der Waals surface area contributed by atoms with E-state index in [0.29, 0.717) is 35.3 Å². The van der Waals surface area contributed by atoms with Crippen molar-refractivity contribution in [1.82, 2.24) is 4.57 Å². The van der Waals surface area contributed by atoms with Gasteiger partial charge in [0.25, 0.3) is 0 Å². The number of nitrogen functional groups attached to an aromatic ring is 1. The van der Waals surface area contributed by atoms with Gasteiger partial charge in [-0.1, -0.05) is 12.1 Å². The molecule has 6 heteroatoms. The van der Waals surface area contributed by atoms with E-state index in [4.69, 9.17) is 19.9 Å². The summed E-state index contributed by atoms with van der Waals surface area (Å²) in [5.41, 5.74) is 6.94. The van der Waals surface area contributed by atoms with Crippen LogP contribution in [0.5, 0.6) is 17.4 Å². The van der Waals surface area contributed by atoms with E-state index in [1.165, 1.54) is 0 Å². The molecule has 120 valence electrons. The van der Waals surface area contributed by atoms with Crippen LogP contribution in [0.3, 0.4) is 0 Å². The number of methoxy groups -OCH3 is 1. The Kier molecular flexibility index (Phi) is 4.40. The monoisotopic (exact) mass is 313 g/mol. The van der Waals surface area contributed by atoms with Crippen LogP contribution in [0.1, 0.15) is 18.5 Å². The predicted octanol–water partition coefficient (Wildman–Crippen LogP) is 2.92. The number of benzene rings is 1. The quantitative estimate of drug-likeness (QED) is 0.917. The SMILES string of the molecule is COc1ccccc1Oc1c(N)cc(C#N)n1CC1CCCO1. The fourth-order valence-electron chi connectivity index (χ4n) is 2.74. The Morgan fingerprint density at radius 1 is 1.39 bits per heavy atom. The Morgan fingerprint density at radius 3 is 2.83 bits per heavy atom. The highest BCUT2D eigenvalue weighted by molar-refractivity contribution is 5.57. The Bertz CT molecular complexity index is 727. The lowest BCUT2D eigenvalue weighted by Gasteiger charge is -2.16. The van der Waals surface area contributed by atoms with Crippen LogP contribution in [-0.4, -0.2) is 24.4 Å². The van der Waals surface area contributed by atoms with E-state index in [1.54, 1.807) is 23.8 Å². The van der Waals surface area contributed by atoms with Crippen molar-refractivity contribution in [2.75, 3.05) is 19.5 Å². The topological polar surface area (TPSA) is 82.4 Å². The van der Waals surface area contributed by atoms with E-state index < -0.39 is 0 Å². The third kappa shape index (κ3) is 3.10. The van der Waals surface area contributed by atoms with Crippen LogP contribution >= 0.6 is 0 Å². The van der Waals surface area contributed by atoms with E-state index in [-0.39, 0.29) is 6.10 Å². The maximum atomic E-state index is 9.35. The van der Waals surface area contributed by atoms with Gasteiger partial charge >= 0.3 is 0 Å². The van der Waals surface area contributed by atoms with E-state index in [9.17, 15) is 5.26 Å². The zero-order valence-electron chi connectivity index (χ0n) is 13.0. The van der Waals surface area contributed by atoms with Gasteiger partial charge in [0.05, 0.1) is 25.4 Å². The summed E-state index contributed by atoms with van der Waals surface area (Å²) in [5, 5.41) is 9.35. The highest BCUT2D eigenvalue weighted by Crippen LogP contribution is 2.36. The van der Waals surface area contributed by atoms with E-state index in [2.05, 4.69) is 6.07 Å². The van der Waals surface area contributed by atoms with Crippen molar-refractivity contribution in [1.29, 1.82) is 5.26 Å². The number of anilines is 1. The number of nitrogens with two attached hydrogens (primary N) is 1. The van der Waals surface area contributed by atoms with Crippen LogP contribution in [0, 0.1) is 11.3 Å². The number of nitrogens with zero attached hydrogens (tertiary/aromatic N) is 2. The van der Waals surface area contributed by atoms with Gasteiger partial charge in [-0.25, -0.2) is 0 Å². The molecular weight excluding hydrogens is 294 g/mol. The molecule has 1 aromatic heterocycles. The molecule has 23 heavy (non-hydrogen) atoms. The minimum absolute atomic E-state index is 0.0777. The summed E-state index contributed by atoms with van der Waals surface area (Å²) in [5.74, 6) is 1.61. The second kappa shape index (κ2) is 6.63. The Morgan fingerprint density at radius 2 is 2.17 bits per heavy atom. The van der Waals surface area contributed by atoms with E-state index in [0.717, 1.165) is 19.4 Å². The lowest BCUT2D eigenvalue weighted by molar-refractivity contribution is 0.0952. The first-order valence-corrected chi connectivity index (χ1v) is 7.54. The minimum Gasteiger partial charge on any atom is -0.493 e. The fraction of sp³-hybridized carbons (Fsp3) is 0.353. The summed E-state index contributed by atoms with van der Waals surface area (Å²) < 4.78 is 18.7. The third-order valence-electron chi connectivity index (χ3n) is 3.88. The first kappa shape index (κ1) is 15.3. The third-order valence-corrected chi connectivity index (χ3v) is 3.88. The van der Waals surface area contributed by atoms with Crippen LogP contribution in [-0.2, 0) is 11.3 Å². The lowest BCUT2D eigenvalue weighted by atomic mass is 10.2. The van der Waals surface area contributed by atoms with Crippen molar-refractivity contribution < 1.29 is 14.2 Å². The molecule has 2 heterocycles. The molecule has 0 bridgehead atoms. The van der Waals surface area contributed by atoms with Crippen molar-refractivity contribution in [2.24, 2.45) is 0 Å². The molecule has 0 amide bonds. The molecule has 1 aliphatic heterocycles. The molecule has 1 aromatic carbocycles. The molecule has 0 radical (unpaired) electrons. The molecule has 2 aromatic rings. The van der Waals surface area contributed by atoms with Gasteiger partial charge in [-0.05, 0) is 25.0 Å². The summed E-state index contributed by atoms with van der Waals surface area (Å²) >= 11 is 0. The largest absolute Gasteiger partial charge is 0.493 e. The standard InChI is InChI=1S/C17H19N3O3/c1-21-15-6-2-3-7-16(15)23-17-14(19)9-12(10-18)20(17)11-13-5-4-8-22-13/h2-3,6-7,9,13H,4-5,8,11,19H2,1H3. The van der Waals surface area contributed by atoms with Gasteiger partial charge in [0.15, 0.2) is 11.5 Å². The number of nitriles is 1. The number of ether oxygens (including phenoxy) is 3. The normalized spacial score (nSPS) is 17.0. The zero-order valence-corrected chi connectivity index (χ0v) is 13.0. The first-order chi connectivity index (χ1) is 11.2. The highest BCUT2D eigenvalue weighted by atomic mass is 16.5. The van der Waals surface area contributed by atoms with Gasteiger partial charge in [-0.2, -0.15) is 5.26 Å². The maximum absolute atomic E-state index is 9.35. The number of rotatable bonds is 5. The molecule has 1 aliphatic rings. The van der Waals surface area contributed by atoms with Gasteiger partial charge in [-0.3, -0.25) is 4.57 Å². The van der Waals surface area contributed by atoms with E-state index >= 15 is 0 Å². The summed E-state index contributed by atoms with van der Waals surface area (Å²) in [4.78, 5) is 0. The number of para-hydroxylation sites is 2.